The standard InChI is InChI=1S/C15H11BrCl2O/c16-12-5-4-11(15(18)9-12)8-14(19)7-10-2-1-3-13(17)6-10/h1-6,9H,7-8H2. The quantitative estimate of drug-likeness (QED) is 0.743. The zero-order chi connectivity index (χ0) is 13.8. The molecule has 0 aliphatic rings. The van der Waals surface area contributed by atoms with E-state index in [1.54, 1.807) is 12.1 Å². The van der Waals surface area contributed by atoms with Crippen LogP contribution in [0, 0.1) is 0 Å². The summed E-state index contributed by atoms with van der Waals surface area (Å²) in [5.74, 6) is 0.117. The number of carbonyl (C=O) groups is 1. The molecule has 2 aromatic carbocycles. The Morgan fingerprint density at radius 3 is 2.53 bits per heavy atom. The molecule has 0 aromatic heterocycles. The molecule has 0 bridgehead atoms. The van der Waals surface area contributed by atoms with Crippen LogP contribution in [0.25, 0.3) is 0 Å². The van der Waals surface area contributed by atoms with Gasteiger partial charge in [0.05, 0.1) is 0 Å². The SMILES string of the molecule is O=C(Cc1cccc(Cl)c1)Cc1ccc(Br)cc1Cl. The fraction of sp³-hybridized carbons (Fsp3) is 0.133. The lowest BCUT2D eigenvalue weighted by Crippen LogP contribution is -2.07. The van der Waals surface area contributed by atoms with Crippen LogP contribution in [0.3, 0.4) is 0 Å². The number of hydrogen-bond acceptors (Lipinski definition) is 1. The maximum Gasteiger partial charge on any atom is 0.141 e. The number of hydrogen-bond donors (Lipinski definition) is 0. The lowest BCUT2D eigenvalue weighted by Gasteiger charge is -2.05. The van der Waals surface area contributed by atoms with Gasteiger partial charge in [-0.3, -0.25) is 4.79 Å². The summed E-state index contributed by atoms with van der Waals surface area (Å²) in [5.41, 5.74) is 1.77. The first kappa shape index (κ1) is 14.6. The highest BCUT2D eigenvalue weighted by atomic mass is 79.9. The van der Waals surface area contributed by atoms with Gasteiger partial charge < -0.3 is 0 Å². The van der Waals surface area contributed by atoms with Crippen LogP contribution < -0.4 is 0 Å². The molecule has 0 unspecified atom stereocenters. The summed E-state index contributed by atoms with van der Waals surface area (Å²) >= 11 is 15.3. The van der Waals surface area contributed by atoms with Crippen LogP contribution >= 0.6 is 39.1 Å². The fourth-order valence-corrected chi connectivity index (χ4v) is 2.77. The molecule has 0 fully saturated rings. The van der Waals surface area contributed by atoms with Gasteiger partial charge in [0, 0.05) is 27.4 Å². The van der Waals surface area contributed by atoms with Gasteiger partial charge in [0.15, 0.2) is 0 Å². The molecule has 0 saturated heterocycles. The van der Waals surface area contributed by atoms with Crippen molar-refractivity contribution >= 4 is 44.9 Å². The third kappa shape index (κ3) is 4.34. The molecular formula is C15H11BrCl2O. The van der Waals surface area contributed by atoms with Gasteiger partial charge >= 0.3 is 0 Å². The Bertz CT molecular complexity index is 611. The molecule has 98 valence electrons. The first-order chi connectivity index (χ1) is 9.04. The largest absolute Gasteiger partial charge is 0.299 e. The summed E-state index contributed by atoms with van der Waals surface area (Å²) < 4.78 is 0.906. The van der Waals surface area contributed by atoms with Crippen molar-refractivity contribution in [2.45, 2.75) is 12.8 Å². The Morgan fingerprint density at radius 2 is 1.84 bits per heavy atom. The highest BCUT2D eigenvalue weighted by molar-refractivity contribution is 9.10. The zero-order valence-corrected chi connectivity index (χ0v) is 13.1. The minimum absolute atomic E-state index is 0.117. The van der Waals surface area contributed by atoms with Crippen molar-refractivity contribution in [1.82, 2.24) is 0 Å². The van der Waals surface area contributed by atoms with Crippen LogP contribution in [0.1, 0.15) is 11.1 Å². The molecule has 0 spiro atoms. The van der Waals surface area contributed by atoms with Gasteiger partial charge in [0.1, 0.15) is 5.78 Å². The van der Waals surface area contributed by atoms with E-state index in [4.69, 9.17) is 23.2 Å². The number of Topliss-reactive ketones (excluding diaryl/α,β-unsaturated/α-hetero) is 1. The van der Waals surface area contributed by atoms with Crippen molar-refractivity contribution in [3.05, 3.63) is 68.1 Å². The lowest BCUT2D eigenvalue weighted by atomic mass is 10.0. The number of benzene rings is 2. The number of ketones is 1. The van der Waals surface area contributed by atoms with Gasteiger partial charge in [-0.15, -0.1) is 0 Å². The van der Waals surface area contributed by atoms with Crippen LogP contribution in [-0.4, -0.2) is 5.78 Å². The van der Waals surface area contributed by atoms with Gasteiger partial charge in [0.25, 0.3) is 0 Å². The van der Waals surface area contributed by atoms with Crippen LogP contribution in [0.4, 0.5) is 0 Å². The van der Waals surface area contributed by atoms with E-state index in [2.05, 4.69) is 15.9 Å². The maximum absolute atomic E-state index is 12.0. The topological polar surface area (TPSA) is 17.1 Å². The molecule has 0 aliphatic carbocycles. The van der Waals surface area contributed by atoms with E-state index < -0.39 is 0 Å². The van der Waals surface area contributed by atoms with Crippen LogP contribution in [0.2, 0.25) is 10.0 Å². The Labute approximate surface area is 130 Å². The van der Waals surface area contributed by atoms with Crippen LogP contribution in [0.15, 0.2) is 46.9 Å². The van der Waals surface area contributed by atoms with Crippen LogP contribution in [0.5, 0.6) is 0 Å². The van der Waals surface area contributed by atoms with E-state index in [1.807, 2.05) is 30.3 Å². The predicted molar refractivity (Wildman–Crippen MR) is 83.0 cm³/mol. The molecule has 2 rings (SSSR count). The zero-order valence-electron chi connectivity index (χ0n) is 10.00. The first-order valence-corrected chi connectivity index (χ1v) is 7.29. The average molecular weight is 358 g/mol. The van der Waals surface area contributed by atoms with E-state index in [9.17, 15) is 4.79 Å². The van der Waals surface area contributed by atoms with Crippen molar-refractivity contribution in [1.29, 1.82) is 0 Å². The number of halogens is 3. The molecule has 4 heteroatoms. The smallest absolute Gasteiger partial charge is 0.141 e. The Morgan fingerprint density at radius 1 is 1.05 bits per heavy atom. The monoisotopic (exact) mass is 356 g/mol. The molecule has 0 radical (unpaired) electrons. The maximum atomic E-state index is 12.0. The molecule has 0 N–H and O–H groups in total. The molecular weight excluding hydrogens is 347 g/mol. The van der Waals surface area contributed by atoms with Crippen LogP contribution in [-0.2, 0) is 17.6 Å². The van der Waals surface area contributed by atoms with Gasteiger partial charge in [-0.25, -0.2) is 0 Å². The lowest BCUT2D eigenvalue weighted by molar-refractivity contribution is -0.117. The fourth-order valence-electron chi connectivity index (χ4n) is 1.81. The van der Waals surface area contributed by atoms with E-state index in [0.717, 1.165) is 15.6 Å². The van der Waals surface area contributed by atoms with E-state index in [0.29, 0.717) is 22.9 Å². The Balaban J connectivity index is 2.05. The molecule has 0 aliphatic heterocycles. The Hall–Kier alpha value is -0.830. The second-order valence-electron chi connectivity index (χ2n) is 4.26. The normalized spacial score (nSPS) is 10.5. The molecule has 2 aromatic rings. The minimum Gasteiger partial charge on any atom is -0.299 e. The highest BCUT2D eigenvalue weighted by Gasteiger charge is 2.09. The number of carbonyl (C=O) groups excluding carboxylic acids is 1. The first-order valence-electron chi connectivity index (χ1n) is 5.74. The van der Waals surface area contributed by atoms with Crippen molar-refractivity contribution < 1.29 is 4.79 Å². The van der Waals surface area contributed by atoms with Gasteiger partial charge in [-0.05, 0) is 35.4 Å². The van der Waals surface area contributed by atoms with Gasteiger partial charge in [-0.1, -0.05) is 57.3 Å². The average Bonchev–Trinajstić information content (AvgIpc) is 2.33. The van der Waals surface area contributed by atoms with Gasteiger partial charge in [-0.2, -0.15) is 0 Å². The molecule has 1 nitrogen and oxygen atoms in total. The van der Waals surface area contributed by atoms with E-state index >= 15 is 0 Å². The van der Waals surface area contributed by atoms with E-state index in [-0.39, 0.29) is 5.78 Å². The predicted octanol–water partition coefficient (Wildman–Crippen LogP) is 5.11. The highest BCUT2D eigenvalue weighted by Crippen LogP contribution is 2.22. The van der Waals surface area contributed by atoms with E-state index in [1.165, 1.54) is 0 Å². The van der Waals surface area contributed by atoms with Gasteiger partial charge in [0.2, 0.25) is 0 Å². The number of rotatable bonds is 4. The third-order valence-corrected chi connectivity index (χ3v) is 3.77. The van der Waals surface area contributed by atoms with Crippen molar-refractivity contribution in [3.8, 4) is 0 Å². The second kappa shape index (κ2) is 6.56. The summed E-state index contributed by atoms with van der Waals surface area (Å²) in [4.78, 5) is 12.0. The molecule has 0 atom stereocenters. The summed E-state index contributed by atoms with van der Waals surface area (Å²) in [6.07, 6.45) is 0.700. The second-order valence-corrected chi connectivity index (χ2v) is 6.02. The molecule has 0 saturated carbocycles. The summed E-state index contributed by atoms with van der Waals surface area (Å²) in [6, 6.07) is 12.9. The molecule has 0 amide bonds. The Kier molecular flexibility index (Phi) is 5.03. The van der Waals surface area contributed by atoms with Crippen molar-refractivity contribution in [2.75, 3.05) is 0 Å². The van der Waals surface area contributed by atoms with Crippen molar-refractivity contribution in [3.63, 3.8) is 0 Å². The molecule has 0 heterocycles. The third-order valence-electron chi connectivity index (χ3n) is 2.69. The minimum atomic E-state index is 0.117. The summed E-state index contributed by atoms with van der Waals surface area (Å²) in [5, 5.41) is 1.25. The summed E-state index contributed by atoms with van der Waals surface area (Å²) in [7, 11) is 0. The van der Waals surface area contributed by atoms with Crippen molar-refractivity contribution in [2.24, 2.45) is 0 Å². The summed E-state index contributed by atoms with van der Waals surface area (Å²) in [6.45, 7) is 0. The molecule has 19 heavy (non-hydrogen) atoms.